The molecule has 0 atom stereocenters. The summed E-state index contributed by atoms with van der Waals surface area (Å²) in [6, 6.07) is 24.8. The molecule has 1 radical (unpaired) electrons. The van der Waals surface area contributed by atoms with Crippen LogP contribution in [0.3, 0.4) is 0 Å². The molecule has 0 aliphatic carbocycles. The molecule has 0 spiro atoms. The number of halogens is 1. The van der Waals surface area contributed by atoms with Gasteiger partial charge in [0.25, 0.3) is 0 Å². The number of carbonyl (C=O) groups is 1. The van der Waals surface area contributed by atoms with Crippen LogP contribution < -0.4 is 0 Å². The van der Waals surface area contributed by atoms with Crippen molar-refractivity contribution in [2.24, 2.45) is 11.8 Å². The van der Waals surface area contributed by atoms with Gasteiger partial charge in [-0.3, -0.25) is 9.78 Å². The van der Waals surface area contributed by atoms with Crippen molar-refractivity contribution in [1.29, 1.82) is 0 Å². The van der Waals surface area contributed by atoms with E-state index in [1.165, 1.54) is 23.1 Å². The molecule has 42 heavy (non-hydrogen) atoms. The monoisotopic (exact) mass is 741 g/mol. The Morgan fingerprint density at radius 3 is 2.21 bits per heavy atom. The summed E-state index contributed by atoms with van der Waals surface area (Å²) in [5, 5.41) is 16.0. The van der Waals surface area contributed by atoms with Crippen LogP contribution in [-0.2, 0) is 24.9 Å². The number of aliphatic hydroxyl groups excluding tert-OH is 1. The number of aromatic nitrogens is 1. The molecular formula is C37H39FIrNO2-. The Morgan fingerprint density at radius 1 is 0.857 bits per heavy atom. The number of rotatable bonds is 8. The topological polar surface area (TPSA) is 50.2 Å². The number of ketones is 1. The van der Waals surface area contributed by atoms with Gasteiger partial charge in [-0.2, -0.15) is 0 Å². The van der Waals surface area contributed by atoms with E-state index in [-0.39, 0.29) is 49.3 Å². The first-order chi connectivity index (χ1) is 19.8. The van der Waals surface area contributed by atoms with Gasteiger partial charge in [-0.1, -0.05) is 82.0 Å². The maximum absolute atomic E-state index is 13.8. The molecule has 1 aromatic heterocycles. The van der Waals surface area contributed by atoms with E-state index in [0.29, 0.717) is 0 Å². The number of allylic oxidation sites excluding steroid dienone is 2. The van der Waals surface area contributed by atoms with E-state index in [9.17, 15) is 14.3 Å². The van der Waals surface area contributed by atoms with Crippen molar-refractivity contribution in [3.8, 4) is 11.3 Å². The Balaban J connectivity index is 0.000000263. The Labute approximate surface area is 262 Å². The number of benzene rings is 4. The molecule has 1 N–H and O–H groups in total. The molecule has 5 rings (SSSR count). The van der Waals surface area contributed by atoms with Crippen LogP contribution >= 0.6 is 0 Å². The van der Waals surface area contributed by atoms with Crippen molar-refractivity contribution >= 4 is 38.1 Å². The first-order valence-electron chi connectivity index (χ1n) is 14.6. The number of carbonyl (C=O) groups excluding carboxylic acids is 1. The molecule has 5 heteroatoms. The first-order valence-corrected chi connectivity index (χ1v) is 14.6. The van der Waals surface area contributed by atoms with Crippen molar-refractivity contribution in [2.75, 3.05) is 0 Å². The summed E-state index contributed by atoms with van der Waals surface area (Å²) >= 11 is 0. The quantitative estimate of drug-likeness (QED) is 0.0746. The molecule has 3 nitrogen and oxygen atoms in total. The summed E-state index contributed by atoms with van der Waals surface area (Å²) in [5.74, 6) is 0.322. The molecule has 0 bridgehead atoms. The molecular weight excluding hydrogens is 702 g/mol. The van der Waals surface area contributed by atoms with E-state index < -0.39 is 0 Å². The maximum atomic E-state index is 13.8. The predicted molar refractivity (Wildman–Crippen MR) is 170 cm³/mol. The summed E-state index contributed by atoms with van der Waals surface area (Å²) in [5.41, 5.74) is 3.03. The molecule has 0 aliphatic rings. The number of aliphatic hydroxyl groups is 1. The zero-order valence-electron chi connectivity index (χ0n) is 25.0. The van der Waals surface area contributed by atoms with Gasteiger partial charge in [0.1, 0.15) is 5.82 Å². The van der Waals surface area contributed by atoms with E-state index in [1.54, 1.807) is 12.3 Å². The van der Waals surface area contributed by atoms with Gasteiger partial charge in [-0.15, -0.1) is 29.1 Å². The first kappa shape index (κ1) is 33.1. The van der Waals surface area contributed by atoms with Gasteiger partial charge in [-0.05, 0) is 65.4 Å². The average molecular weight is 741 g/mol. The van der Waals surface area contributed by atoms with E-state index in [1.807, 2.05) is 58.0 Å². The zero-order valence-corrected chi connectivity index (χ0v) is 27.4. The van der Waals surface area contributed by atoms with Gasteiger partial charge in [0.2, 0.25) is 0 Å². The third kappa shape index (κ3) is 7.32. The molecule has 0 aliphatic heterocycles. The Kier molecular flexibility index (Phi) is 12.0. The number of hydrogen-bond acceptors (Lipinski definition) is 3. The Bertz CT molecular complexity index is 1700. The van der Waals surface area contributed by atoms with Gasteiger partial charge in [0.15, 0.2) is 5.78 Å². The minimum atomic E-state index is -0.225. The van der Waals surface area contributed by atoms with Gasteiger partial charge >= 0.3 is 0 Å². The average Bonchev–Trinajstić information content (AvgIpc) is 2.98. The van der Waals surface area contributed by atoms with E-state index >= 15 is 0 Å². The molecule has 0 fully saturated rings. The van der Waals surface area contributed by atoms with Crippen molar-refractivity contribution in [3.63, 3.8) is 0 Å². The van der Waals surface area contributed by atoms with Crippen LogP contribution in [-0.4, -0.2) is 15.9 Å². The van der Waals surface area contributed by atoms with Crippen LogP contribution in [0.5, 0.6) is 0 Å². The zero-order chi connectivity index (χ0) is 29.5. The van der Waals surface area contributed by atoms with Crippen molar-refractivity contribution in [1.82, 2.24) is 4.98 Å². The third-order valence-electron chi connectivity index (χ3n) is 8.04. The summed E-state index contributed by atoms with van der Waals surface area (Å²) in [7, 11) is 0. The number of aryl methyl sites for hydroxylation is 1. The minimum Gasteiger partial charge on any atom is -0.512 e. The normalized spacial score (nSPS) is 11.6. The van der Waals surface area contributed by atoms with Gasteiger partial charge in [-0.25, -0.2) is 4.39 Å². The molecule has 0 saturated carbocycles. The molecule has 0 unspecified atom stereocenters. The standard InChI is InChI=1S/C24H15FN.C13H24O2.Ir/c1-15-12-18(13-17-4-2-3-5-20(15)17)24-22-9-7-16-6-8-19(25)14-23(16)21(22)10-11-26-24;1-5-10(6-2)12(14)9-13(15)11(7-3)8-4;/h2-12,14H,1H3;9-11,14H,5-8H2,1-4H3;/q-1;;. The number of fused-ring (bicyclic) bond motifs is 4. The molecule has 1 heterocycles. The second-order valence-electron chi connectivity index (χ2n) is 10.6. The van der Waals surface area contributed by atoms with Crippen LogP contribution in [0, 0.1) is 30.6 Å². The molecule has 4 aromatic carbocycles. The number of pyridine rings is 1. The van der Waals surface area contributed by atoms with Crippen LogP contribution in [0.15, 0.2) is 84.8 Å². The van der Waals surface area contributed by atoms with Crippen LogP contribution in [0.2, 0.25) is 0 Å². The fourth-order valence-corrected chi connectivity index (χ4v) is 5.49. The van der Waals surface area contributed by atoms with E-state index in [0.717, 1.165) is 63.9 Å². The predicted octanol–water partition coefficient (Wildman–Crippen LogP) is 10.3. The summed E-state index contributed by atoms with van der Waals surface area (Å²) in [6.07, 6.45) is 6.70. The van der Waals surface area contributed by atoms with Crippen LogP contribution in [0.1, 0.15) is 58.9 Å². The molecule has 0 saturated heterocycles. The largest absolute Gasteiger partial charge is 0.512 e. The minimum absolute atomic E-state index is 0. The molecule has 221 valence electrons. The van der Waals surface area contributed by atoms with Gasteiger partial charge in [0, 0.05) is 49.9 Å². The fourth-order valence-electron chi connectivity index (χ4n) is 5.49. The second-order valence-corrected chi connectivity index (χ2v) is 10.6. The van der Waals surface area contributed by atoms with E-state index in [4.69, 9.17) is 0 Å². The molecule has 5 aromatic rings. The smallest absolute Gasteiger partial charge is 0.162 e. The third-order valence-corrected chi connectivity index (χ3v) is 8.04. The van der Waals surface area contributed by atoms with Crippen LogP contribution in [0.25, 0.3) is 43.6 Å². The fraction of sp³-hybridized carbons (Fsp3) is 0.297. The SMILES string of the molecule is CCC(CC)C(=O)C=C(O)C(CC)CC.Cc1cc(-c2nccc3c2ccc2ccc(F)cc23)[c-]c2ccccc12.[Ir]. The van der Waals surface area contributed by atoms with Crippen molar-refractivity contribution < 1.29 is 34.4 Å². The Morgan fingerprint density at radius 2 is 1.52 bits per heavy atom. The second kappa shape index (κ2) is 15.2. The molecule has 0 amide bonds. The summed E-state index contributed by atoms with van der Waals surface area (Å²) in [4.78, 5) is 16.3. The number of nitrogens with zero attached hydrogens (tertiary/aromatic N) is 1. The maximum Gasteiger partial charge on any atom is 0.162 e. The summed E-state index contributed by atoms with van der Waals surface area (Å²) < 4.78 is 13.8. The number of hydrogen-bond donors (Lipinski definition) is 1. The van der Waals surface area contributed by atoms with E-state index in [2.05, 4.69) is 42.2 Å². The van der Waals surface area contributed by atoms with Gasteiger partial charge in [0.05, 0.1) is 5.76 Å². The van der Waals surface area contributed by atoms with Crippen molar-refractivity contribution in [2.45, 2.75) is 60.3 Å². The van der Waals surface area contributed by atoms with Gasteiger partial charge < -0.3 is 5.11 Å². The van der Waals surface area contributed by atoms with Crippen molar-refractivity contribution in [3.05, 3.63) is 102 Å². The Hall–Kier alpha value is -3.40. The van der Waals surface area contributed by atoms with Crippen LogP contribution in [0.4, 0.5) is 4.39 Å². The summed E-state index contributed by atoms with van der Waals surface area (Å²) in [6.45, 7) is 10.2.